The maximum absolute atomic E-state index is 12.1. The summed E-state index contributed by atoms with van der Waals surface area (Å²) in [7, 11) is 1.21. The Balaban J connectivity index is 2.04. The third kappa shape index (κ3) is 3.85. The van der Waals surface area contributed by atoms with Crippen LogP contribution in [0, 0.1) is 0 Å². The number of para-hydroxylation sites is 1. The fourth-order valence-corrected chi connectivity index (χ4v) is 2.18. The molecule has 0 aliphatic carbocycles. The number of methoxy groups -OCH3 is 1. The Kier molecular flexibility index (Phi) is 4.95. The molecule has 0 bridgehead atoms. The van der Waals surface area contributed by atoms with Crippen molar-refractivity contribution in [1.29, 1.82) is 0 Å². The van der Waals surface area contributed by atoms with Crippen LogP contribution in [0.1, 0.15) is 23.7 Å². The minimum atomic E-state index is -1.03. The van der Waals surface area contributed by atoms with E-state index in [1.165, 1.54) is 14.0 Å². The smallest absolute Gasteiger partial charge is 0.328 e. The zero-order chi connectivity index (χ0) is 17.0. The molecule has 1 heterocycles. The Labute approximate surface area is 132 Å². The fraction of sp³-hybridized carbons (Fsp3) is 0.333. The van der Waals surface area contributed by atoms with Crippen molar-refractivity contribution in [2.45, 2.75) is 25.4 Å². The van der Waals surface area contributed by atoms with E-state index in [9.17, 15) is 19.2 Å². The second-order valence-electron chi connectivity index (χ2n) is 5.08. The Bertz CT molecular complexity index is 658. The van der Waals surface area contributed by atoms with Crippen molar-refractivity contribution in [3.8, 4) is 0 Å². The molecule has 3 amide bonds. The molecule has 3 N–H and O–H groups in total. The molecule has 0 radical (unpaired) electrons. The lowest BCUT2D eigenvalue weighted by Crippen LogP contribution is -2.47. The van der Waals surface area contributed by atoms with E-state index in [1.807, 2.05) is 0 Å². The molecular formula is C15H17N3O5. The molecule has 23 heavy (non-hydrogen) atoms. The first kappa shape index (κ1) is 16.5. The van der Waals surface area contributed by atoms with Gasteiger partial charge in [-0.05, 0) is 19.1 Å². The van der Waals surface area contributed by atoms with Crippen molar-refractivity contribution in [2.75, 3.05) is 12.4 Å². The number of ether oxygens (including phenoxy) is 1. The van der Waals surface area contributed by atoms with Crippen LogP contribution in [-0.4, -0.2) is 42.9 Å². The zero-order valence-electron chi connectivity index (χ0n) is 12.7. The maximum atomic E-state index is 12.1. The highest BCUT2D eigenvalue weighted by Crippen LogP contribution is 2.18. The molecule has 122 valence electrons. The van der Waals surface area contributed by atoms with E-state index in [2.05, 4.69) is 20.7 Å². The molecule has 1 aliphatic heterocycles. The number of benzene rings is 1. The van der Waals surface area contributed by atoms with Crippen molar-refractivity contribution in [3.63, 3.8) is 0 Å². The van der Waals surface area contributed by atoms with Gasteiger partial charge in [-0.1, -0.05) is 12.1 Å². The van der Waals surface area contributed by atoms with Crippen LogP contribution in [0.3, 0.4) is 0 Å². The Morgan fingerprint density at radius 3 is 2.70 bits per heavy atom. The van der Waals surface area contributed by atoms with E-state index in [-0.39, 0.29) is 6.42 Å². The molecule has 2 rings (SSSR count). The molecule has 8 heteroatoms. The number of carbonyl (C=O) groups excluding carboxylic acids is 4. The number of amides is 3. The summed E-state index contributed by atoms with van der Waals surface area (Å²) in [5.41, 5.74) is 0.715. The second kappa shape index (κ2) is 6.91. The van der Waals surface area contributed by atoms with Gasteiger partial charge < -0.3 is 20.7 Å². The summed E-state index contributed by atoms with van der Waals surface area (Å²) in [5.74, 6) is -2.09. The van der Waals surface area contributed by atoms with Gasteiger partial charge in [-0.15, -0.1) is 0 Å². The number of nitrogens with one attached hydrogen (secondary N) is 3. The molecule has 8 nitrogen and oxygen atoms in total. The van der Waals surface area contributed by atoms with Crippen LogP contribution >= 0.6 is 0 Å². The molecule has 0 aromatic heterocycles. The Morgan fingerprint density at radius 1 is 1.30 bits per heavy atom. The zero-order valence-corrected chi connectivity index (χ0v) is 12.7. The van der Waals surface area contributed by atoms with Crippen molar-refractivity contribution in [3.05, 3.63) is 29.8 Å². The van der Waals surface area contributed by atoms with Gasteiger partial charge >= 0.3 is 5.97 Å². The van der Waals surface area contributed by atoms with Crippen LogP contribution in [0.25, 0.3) is 0 Å². The summed E-state index contributed by atoms with van der Waals surface area (Å²) < 4.78 is 4.50. The molecule has 1 aliphatic rings. The summed E-state index contributed by atoms with van der Waals surface area (Å²) in [4.78, 5) is 47.4. The van der Waals surface area contributed by atoms with Gasteiger partial charge in [0.1, 0.15) is 12.1 Å². The van der Waals surface area contributed by atoms with E-state index in [1.54, 1.807) is 24.3 Å². The first-order valence-electron chi connectivity index (χ1n) is 7.00. The summed E-state index contributed by atoms with van der Waals surface area (Å²) in [5, 5.41) is 7.52. The number of hydrogen-bond acceptors (Lipinski definition) is 5. The largest absolute Gasteiger partial charge is 0.467 e. The SMILES string of the molecule is COC(=O)[C@@H](C)NC(=O)C[C@H]1NC(=O)c2ccccc2NC1=O. The Morgan fingerprint density at radius 2 is 2.00 bits per heavy atom. The van der Waals surface area contributed by atoms with Gasteiger partial charge in [0.2, 0.25) is 11.8 Å². The number of esters is 1. The average molecular weight is 319 g/mol. The van der Waals surface area contributed by atoms with Gasteiger partial charge in [0.15, 0.2) is 0 Å². The molecule has 0 fully saturated rings. The van der Waals surface area contributed by atoms with Crippen molar-refractivity contribution in [2.24, 2.45) is 0 Å². The number of anilines is 1. The van der Waals surface area contributed by atoms with Crippen LogP contribution in [0.5, 0.6) is 0 Å². The molecule has 0 unspecified atom stereocenters. The summed E-state index contributed by atoms with van der Waals surface area (Å²) >= 11 is 0. The highest BCUT2D eigenvalue weighted by Gasteiger charge is 2.30. The van der Waals surface area contributed by atoms with Crippen LogP contribution in [0.15, 0.2) is 24.3 Å². The summed E-state index contributed by atoms with van der Waals surface area (Å²) in [6, 6.07) is 4.68. The first-order chi connectivity index (χ1) is 10.9. The van der Waals surface area contributed by atoms with Gasteiger partial charge in [0, 0.05) is 0 Å². The predicted octanol–water partition coefficient (Wildman–Crippen LogP) is -0.195. The normalized spacial score (nSPS) is 17.9. The molecule has 0 saturated heterocycles. The topological polar surface area (TPSA) is 114 Å². The lowest BCUT2D eigenvalue weighted by Gasteiger charge is -2.16. The fourth-order valence-electron chi connectivity index (χ4n) is 2.18. The summed E-state index contributed by atoms with van der Waals surface area (Å²) in [6.07, 6.45) is -0.285. The van der Waals surface area contributed by atoms with E-state index >= 15 is 0 Å². The molecule has 1 aromatic rings. The van der Waals surface area contributed by atoms with Crippen molar-refractivity contribution in [1.82, 2.24) is 10.6 Å². The van der Waals surface area contributed by atoms with E-state index in [0.717, 1.165) is 0 Å². The number of fused-ring (bicyclic) bond motifs is 1. The number of hydrogen-bond donors (Lipinski definition) is 3. The van der Waals surface area contributed by atoms with Gasteiger partial charge in [0.05, 0.1) is 24.8 Å². The van der Waals surface area contributed by atoms with Crippen LogP contribution < -0.4 is 16.0 Å². The Hall–Kier alpha value is -2.90. The average Bonchev–Trinajstić information content (AvgIpc) is 2.64. The number of rotatable bonds is 4. The van der Waals surface area contributed by atoms with Crippen LogP contribution in [0.4, 0.5) is 5.69 Å². The van der Waals surface area contributed by atoms with Gasteiger partial charge in [-0.3, -0.25) is 14.4 Å². The standard InChI is InChI=1S/C15H17N3O5/c1-8(15(22)23-2)16-12(19)7-11-14(21)17-10-6-4-3-5-9(10)13(20)18-11/h3-6,8,11H,7H2,1-2H3,(H,16,19)(H,17,21)(H,18,20)/t8-,11-/m1/s1. The molecule has 0 spiro atoms. The minimum absolute atomic E-state index is 0.285. The van der Waals surface area contributed by atoms with Crippen molar-refractivity contribution >= 4 is 29.4 Å². The van der Waals surface area contributed by atoms with E-state index in [4.69, 9.17) is 0 Å². The minimum Gasteiger partial charge on any atom is -0.467 e. The predicted molar refractivity (Wildman–Crippen MR) is 80.6 cm³/mol. The van der Waals surface area contributed by atoms with E-state index in [0.29, 0.717) is 11.3 Å². The van der Waals surface area contributed by atoms with Gasteiger partial charge in [-0.2, -0.15) is 0 Å². The molecule has 1 aromatic carbocycles. The highest BCUT2D eigenvalue weighted by atomic mass is 16.5. The molecular weight excluding hydrogens is 302 g/mol. The third-order valence-electron chi connectivity index (χ3n) is 3.37. The highest BCUT2D eigenvalue weighted by molar-refractivity contribution is 6.10. The lowest BCUT2D eigenvalue weighted by molar-refractivity contribution is -0.144. The summed E-state index contributed by atoms with van der Waals surface area (Å²) in [6.45, 7) is 1.46. The van der Waals surface area contributed by atoms with Gasteiger partial charge in [-0.25, -0.2) is 4.79 Å². The lowest BCUT2D eigenvalue weighted by atomic mass is 10.1. The molecule has 0 saturated carbocycles. The second-order valence-corrected chi connectivity index (χ2v) is 5.08. The monoisotopic (exact) mass is 319 g/mol. The van der Waals surface area contributed by atoms with Gasteiger partial charge in [0.25, 0.3) is 5.91 Å². The first-order valence-corrected chi connectivity index (χ1v) is 7.00. The third-order valence-corrected chi connectivity index (χ3v) is 3.37. The number of carbonyl (C=O) groups is 4. The van der Waals surface area contributed by atoms with Crippen molar-refractivity contribution < 1.29 is 23.9 Å². The maximum Gasteiger partial charge on any atom is 0.328 e. The van der Waals surface area contributed by atoms with Crippen LogP contribution in [0.2, 0.25) is 0 Å². The van der Waals surface area contributed by atoms with Crippen LogP contribution in [-0.2, 0) is 19.1 Å². The quantitative estimate of drug-likeness (QED) is 0.665. The molecule has 2 atom stereocenters. The van der Waals surface area contributed by atoms with E-state index < -0.39 is 35.8 Å².